The van der Waals surface area contributed by atoms with Crippen LogP contribution in [0.25, 0.3) is 17.2 Å². The van der Waals surface area contributed by atoms with Crippen molar-refractivity contribution in [2.75, 3.05) is 0 Å². The summed E-state index contributed by atoms with van der Waals surface area (Å²) in [5.41, 5.74) is 11.0. The summed E-state index contributed by atoms with van der Waals surface area (Å²) >= 11 is 0. The van der Waals surface area contributed by atoms with E-state index in [1.165, 1.54) is 65.4 Å². The van der Waals surface area contributed by atoms with E-state index in [1.807, 2.05) is 0 Å². The van der Waals surface area contributed by atoms with E-state index < -0.39 is 0 Å². The zero-order chi connectivity index (χ0) is 24.9. The highest BCUT2D eigenvalue weighted by Gasteiger charge is 2.27. The fourth-order valence-electron chi connectivity index (χ4n) is 5.75. The van der Waals surface area contributed by atoms with Crippen molar-refractivity contribution in [1.82, 2.24) is 0 Å². The molecule has 2 aliphatic rings. The third-order valence-corrected chi connectivity index (χ3v) is 7.69. The number of fused-ring (bicyclic) bond motifs is 2. The molecular weight excluding hydrogens is 432 g/mol. The summed E-state index contributed by atoms with van der Waals surface area (Å²) in [4.78, 5) is 0. The van der Waals surface area contributed by atoms with E-state index in [1.54, 1.807) is 0 Å². The Kier molecular flexibility index (Phi) is 5.41. The molecule has 0 amide bonds. The van der Waals surface area contributed by atoms with Crippen molar-refractivity contribution in [2.24, 2.45) is 5.41 Å². The van der Waals surface area contributed by atoms with E-state index in [0.29, 0.717) is 0 Å². The fourth-order valence-corrected chi connectivity index (χ4v) is 5.75. The summed E-state index contributed by atoms with van der Waals surface area (Å²) in [5.74, 6) is 0. The van der Waals surface area contributed by atoms with Crippen molar-refractivity contribution in [2.45, 2.75) is 34.1 Å². The monoisotopic (exact) mass is 464 g/mol. The van der Waals surface area contributed by atoms with Crippen molar-refractivity contribution in [3.05, 3.63) is 157 Å². The number of rotatable bonds is 3. The zero-order valence-electron chi connectivity index (χ0n) is 21.6. The van der Waals surface area contributed by atoms with Gasteiger partial charge < -0.3 is 0 Å². The second-order valence-corrected chi connectivity index (χ2v) is 11.0. The predicted molar refractivity (Wildman–Crippen MR) is 153 cm³/mol. The zero-order valence-corrected chi connectivity index (χ0v) is 21.6. The van der Waals surface area contributed by atoms with Crippen molar-refractivity contribution in [3.8, 4) is 0 Å². The van der Waals surface area contributed by atoms with Gasteiger partial charge in [-0.1, -0.05) is 129 Å². The van der Waals surface area contributed by atoms with E-state index >= 15 is 0 Å². The van der Waals surface area contributed by atoms with E-state index in [4.69, 9.17) is 0 Å². The van der Waals surface area contributed by atoms with Crippen LogP contribution in [0.4, 0.5) is 0 Å². The molecule has 4 aromatic carbocycles. The molecule has 0 fully saturated rings. The molecule has 0 aliphatic heterocycles. The van der Waals surface area contributed by atoms with Crippen LogP contribution in [0.15, 0.2) is 114 Å². The minimum Gasteiger partial charge on any atom is -0.0622 e. The summed E-state index contributed by atoms with van der Waals surface area (Å²) in [5, 5.41) is 5.30. The average Bonchev–Trinajstić information content (AvgIpc) is 3.46. The standard InChI is InChI=1S/C36H32/c1-24-21-28(36(2,3)4)23-32(24)35-31(20-19-30-29-18-12-11-17-27(29)22-33(30)35)34(25-13-7-5-8-14-25)26-15-9-6-10-16-26/h5-22H,23H2,1-4H3. The molecule has 0 atom stereocenters. The maximum Gasteiger partial charge on any atom is -0.00325 e. The van der Waals surface area contributed by atoms with Gasteiger partial charge in [0.05, 0.1) is 0 Å². The van der Waals surface area contributed by atoms with Crippen LogP contribution in [0.1, 0.15) is 56.4 Å². The molecule has 0 saturated carbocycles. The summed E-state index contributed by atoms with van der Waals surface area (Å²) < 4.78 is 0. The van der Waals surface area contributed by atoms with Crippen LogP contribution in [-0.2, 0) is 0 Å². The maximum absolute atomic E-state index is 2.44. The minimum atomic E-state index is 0.152. The first kappa shape index (κ1) is 22.6. The van der Waals surface area contributed by atoms with E-state index in [0.717, 1.165) is 6.42 Å². The molecule has 4 aromatic rings. The van der Waals surface area contributed by atoms with Crippen LogP contribution in [0.2, 0.25) is 0 Å². The normalized spacial score (nSPS) is 14.3. The SMILES string of the molecule is CC1=C(c2c3c(ccc2=C(c2ccccc2)c2ccccc2)=c2ccccc2=C3)CC(C(C)(C)C)=C1. The van der Waals surface area contributed by atoms with Crippen LogP contribution in [0.3, 0.4) is 0 Å². The largest absolute Gasteiger partial charge is 0.0622 e. The highest BCUT2D eigenvalue weighted by Crippen LogP contribution is 2.42. The lowest BCUT2D eigenvalue weighted by Gasteiger charge is -2.22. The average molecular weight is 465 g/mol. The molecule has 2 aliphatic carbocycles. The van der Waals surface area contributed by atoms with Gasteiger partial charge in [-0.05, 0) is 84.7 Å². The third-order valence-electron chi connectivity index (χ3n) is 7.69. The Hall–Kier alpha value is -3.90. The first-order valence-corrected chi connectivity index (χ1v) is 12.9. The molecule has 36 heavy (non-hydrogen) atoms. The molecule has 0 heteroatoms. The van der Waals surface area contributed by atoms with Gasteiger partial charge in [0.25, 0.3) is 0 Å². The molecule has 176 valence electrons. The van der Waals surface area contributed by atoms with E-state index in [2.05, 4.69) is 137 Å². The van der Waals surface area contributed by atoms with Crippen molar-refractivity contribution < 1.29 is 0 Å². The lowest BCUT2D eigenvalue weighted by molar-refractivity contribution is 0.497. The highest BCUT2D eigenvalue weighted by atomic mass is 14.3. The Bertz CT molecular complexity index is 1720. The summed E-state index contributed by atoms with van der Waals surface area (Å²) in [6, 6.07) is 35.3. The van der Waals surface area contributed by atoms with Crippen molar-refractivity contribution in [3.63, 3.8) is 0 Å². The second-order valence-electron chi connectivity index (χ2n) is 11.0. The van der Waals surface area contributed by atoms with Crippen LogP contribution >= 0.6 is 0 Å². The number of hydrogen-bond donors (Lipinski definition) is 0. The molecule has 0 heterocycles. The van der Waals surface area contributed by atoms with Crippen LogP contribution in [0.5, 0.6) is 0 Å². The van der Waals surface area contributed by atoms with Gasteiger partial charge >= 0.3 is 0 Å². The van der Waals surface area contributed by atoms with Gasteiger partial charge in [-0.25, -0.2) is 0 Å². The summed E-state index contributed by atoms with van der Waals surface area (Å²) in [6.07, 6.45) is 5.84. The smallest absolute Gasteiger partial charge is 0.00325 e. The molecular formula is C36H32. The topological polar surface area (TPSA) is 0 Å². The quantitative estimate of drug-likeness (QED) is 0.259. The molecule has 0 unspecified atom stereocenters. The maximum atomic E-state index is 2.44. The highest BCUT2D eigenvalue weighted by molar-refractivity contribution is 5.88. The molecule has 0 spiro atoms. The fraction of sp³-hybridized carbons (Fsp3) is 0.167. The van der Waals surface area contributed by atoms with Gasteiger partial charge in [0.1, 0.15) is 0 Å². The van der Waals surface area contributed by atoms with Gasteiger partial charge in [-0.2, -0.15) is 0 Å². The van der Waals surface area contributed by atoms with Gasteiger partial charge in [0, 0.05) is 0 Å². The van der Waals surface area contributed by atoms with Crippen LogP contribution < -0.4 is 10.4 Å². The first-order valence-electron chi connectivity index (χ1n) is 12.9. The lowest BCUT2D eigenvalue weighted by Crippen LogP contribution is -2.17. The third kappa shape index (κ3) is 3.78. The van der Waals surface area contributed by atoms with E-state index in [-0.39, 0.29) is 5.41 Å². The Morgan fingerprint density at radius 3 is 1.86 bits per heavy atom. The Balaban J connectivity index is 1.77. The van der Waals surface area contributed by atoms with E-state index in [9.17, 15) is 0 Å². The number of allylic oxidation sites excluding steroid dienone is 4. The lowest BCUT2D eigenvalue weighted by atomic mass is 9.82. The van der Waals surface area contributed by atoms with Crippen LogP contribution in [-0.4, -0.2) is 0 Å². The molecule has 0 N–H and O–H groups in total. The van der Waals surface area contributed by atoms with Crippen molar-refractivity contribution in [1.29, 1.82) is 0 Å². The summed E-state index contributed by atoms with van der Waals surface area (Å²) in [7, 11) is 0. The van der Waals surface area contributed by atoms with Crippen molar-refractivity contribution >= 4 is 17.2 Å². The first-order chi connectivity index (χ1) is 17.4. The molecule has 6 rings (SSSR count). The number of benzene rings is 4. The molecule has 0 saturated heterocycles. The Morgan fingerprint density at radius 1 is 0.639 bits per heavy atom. The summed E-state index contributed by atoms with van der Waals surface area (Å²) in [6.45, 7) is 9.29. The molecule has 0 radical (unpaired) electrons. The predicted octanol–water partition coefficient (Wildman–Crippen LogP) is 7.51. The minimum absolute atomic E-state index is 0.152. The molecule has 0 nitrogen and oxygen atoms in total. The van der Waals surface area contributed by atoms with Gasteiger partial charge in [-0.15, -0.1) is 0 Å². The molecule has 0 aromatic heterocycles. The van der Waals surface area contributed by atoms with Gasteiger partial charge in [-0.3, -0.25) is 0 Å². The Labute approximate surface area is 214 Å². The van der Waals surface area contributed by atoms with Crippen LogP contribution in [0, 0.1) is 15.9 Å². The molecule has 0 bridgehead atoms. The van der Waals surface area contributed by atoms with Gasteiger partial charge in [0.2, 0.25) is 0 Å². The Morgan fingerprint density at radius 2 is 1.25 bits per heavy atom. The van der Waals surface area contributed by atoms with Gasteiger partial charge in [0.15, 0.2) is 0 Å². The number of hydrogen-bond acceptors (Lipinski definition) is 0. The second kappa shape index (κ2) is 8.64.